The summed E-state index contributed by atoms with van der Waals surface area (Å²) in [6, 6.07) is 15.2. The molecule has 0 unspecified atom stereocenters. The fourth-order valence-electron chi connectivity index (χ4n) is 2.99. The van der Waals surface area contributed by atoms with E-state index in [-0.39, 0.29) is 18.2 Å². The highest BCUT2D eigenvalue weighted by molar-refractivity contribution is 7.13. The fourth-order valence-corrected chi connectivity index (χ4v) is 3.69. The predicted molar refractivity (Wildman–Crippen MR) is 109 cm³/mol. The number of hydrogen-bond donors (Lipinski definition) is 0. The first kappa shape index (κ1) is 18.2. The van der Waals surface area contributed by atoms with Crippen LogP contribution in [0, 0.1) is 5.82 Å². The van der Waals surface area contributed by atoms with Crippen LogP contribution in [0.3, 0.4) is 0 Å². The molecule has 0 amide bonds. The van der Waals surface area contributed by atoms with Gasteiger partial charge in [0.05, 0.1) is 16.3 Å². The van der Waals surface area contributed by atoms with Crippen molar-refractivity contribution in [3.63, 3.8) is 0 Å². The minimum Gasteiger partial charge on any atom is -0.453 e. The van der Waals surface area contributed by atoms with E-state index < -0.39 is 5.97 Å². The van der Waals surface area contributed by atoms with Gasteiger partial charge in [0.2, 0.25) is 0 Å². The lowest BCUT2D eigenvalue weighted by Gasteiger charge is -2.03. The summed E-state index contributed by atoms with van der Waals surface area (Å²) in [5.41, 5.74) is 1.97. The van der Waals surface area contributed by atoms with Crippen LogP contribution >= 0.6 is 11.3 Å². The third kappa shape index (κ3) is 3.46. The lowest BCUT2D eigenvalue weighted by molar-refractivity contribution is 0.0454. The number of esters is 1. The Morgan fingerprint density at radius 2 is 1.93 bits per heavy atom. The van der Waals surface area contributed by atoms with E-state index in [4.69, 9.17) is 4.74 Å². The highest BCUT2D eigenvalue weighted by Crippen LogP contribution is 2.26. The number of thiophene rings is 1. The van der Waals surface area contributed by atoms with Gasteiger partial charge in [-0.1, -0.05) is 12.1 Å². The Bertz CT molecular complexity index is 1290. The van der Waals surface area contributed by atoms with Crippen molar-refractivity contribution < 1.29 is 13.9 Å². The fraction of sp³-hybridized carbons (Fsp3) is 0.0476. The molecule has 4 aromatic heterocycles. The summed E-state index contributed by atoms with van der Waals surface area (Å²) in [6.07, 6.45) is 3.66. The molecule has 0 saturated carbocycles. The van der Waals surface area contributed by atoms with Crippen LogP contribution in [0.25, 0.3) is 22.0 Å². The summed E-state index contributed by atoms with van der Waals surface area (Å²) in [5, 5.41) is 6.21. The van der Waals surface area contributed by atoms with Crippen LogP contribution < -0.4 is 0 Å². The van der Waals surface area contributed by atoms with E-state index in [0.717, 1.165) is 10.5 Å². The van der Waals surface area contributed by atoms with Gasteiger partial charge in [0, 0.05) is 12.4 Å². The van der Waals surface area contributed by atoms with Gasteiger partial charge in [0.15, 0.2) is 5.82 Å². The van der Waals surface area contributed by atoms with Crippen molar-refractivity contribution >= 4 is 23.0 Å². The van der Waals surface area contributed by atoms with Gasteiger partial charge in [0.1, 0.15) is 18.1 Å². The molecular formula is C21H14FN5O2S. The maximum atomic E-state index is 13.3. The van der Waals surface area contributed by atoms with Crippen LogP contribution in [0.1, 0.15) is 16.3 Å². The maximum absolute atomic E-state index is 13.3. The molecule has 30 heavy (non-hydrogen) atoms. The summed E-state index contributed by atoms with van der Waals surface area (Å²) in [6.45, 7) is -0.0000626. The summed E-state index contributed by atoms with van der Waals surface area (Å²) in [7, 11) is 0. The van der Waals surface area contributed by atoms with E-state index >= 15 is 0 Å². The van der Waals surface area contributed by atoms with Gasteiger partial charge < -0.3 is 9.14 Å². The summed E-state index contributed by atoms with van der Waals surface area (Å²) >= 11 is 1.46. The van der Waals surface area contributed by atoms with Gasteiger partial charge in [-0.3, -0.25) is 0 Å². The SMILES string of the molecule is O=C(OCc1cn2ccccc2n1)c1nc(-c2cccs2)n(-c2ccc(F)cc2)n1. The van der Waals surface area contributed by atoms with Gasteiger partial charge in [-0.2, -0.15) is 4.98 Å². The molecule has 148 valence electrons. The molecule has 1 aromatic carbocycles. The molecule has 7 nitrogen and oxygen atoms in total. The third-order valence-corrected chi connectivity index (χ3v) is 5.23. The average molecular weight is 419 g/mol. The van der Waals surface area contributed by atoms with E-state index in [2.05, 4.69) is 15.1 Å². The summed E-state index contributed by atoms with van der Waals surface area (Å²) in [5.74, 6) is -0.614. The minimum atomic E-state index is -0.661. The molecule has 9 heteroatoms. The normalized spacial score (nSPS) is 11.1. The van der Waals surface area contributed by atoms with Crippen LogP contribution in [-0.4, -0.2) is 30.1 Å². The standard InChI is InChI=1S/C21H14FN5O2S/c22-14-6-8-16(9-7-14)27-20(17-4-3-11-30-17)24-19(25-27)21(28)29-13-15-12-26-10-2-1-5-18(26)23-15/h1-12H,13H2. The zero-order valence-corrected chi connectivity index (χ0v) is 16.3. The monoisotopic (exact) mass is 419 g/mol. The maximum Gasteiger partial charge on any atom is 0.378 e. The number of ether oxygens (including phenoxy) is 1. The van der Waals surface area contributed by atoms with E-state index in [0.29, 0.717) is 17.2 Å². The number of nitrogens with zero attached hydrogens (tertiary/aromatic N) is 5. The Kier molecular flexibility index (Phi) is 4.56. The van der Waals surface area contributed by atoms with E-state index in [9.17, 15) is 9.18 Å². The van der Waals surface area contributed by atoms with Crippen LogP contribution in [-0.2, 0) is 11.3 Å². The van der Waals surface area contributed by atoms with Gasteiger partial charge in [-0.15, -0.1) is 16.4 Å². The molecule has 0 spiro atoms. The van der Waals surface area contributed by atoms with E-state index in [1.807, 2.05) is 46.3 Å². The molecule has 5 rings (SSSR count). The second-order valence-corrected chi connectivity index (χ2v) is 7.35. The molecule has 0 aliphatic carbocycles. The second-order valence-electron chi connectivity index (χ2n) is 6.40. The molecule has 0 N–H and O–H groups in total. The third-order valence-electron chi connectivity index (χ3n) is 4.37. The van der Waals surface area contributed by atoms with Gasteiger partial charge in [0.25, 0.3) is 5.82 Å². The molecule has 0 aliphatic rings. The smallest absolute Gasteiger partial charge is 0.378 e. The van der Waals surface area contributed by atoms with Crippen molar-refractivity contribution in [2.24, 2.45) is 0 Å². The molecule has 0 atom stereocenters. The topological polar surface area (TPSA) is 74.3 Å². The minimum absolute atomic E-state index is 0.0000626. The Morgan fingerprint density at radius 3 is 2.70 bits per heavy atom. The first-order valence-electron chi connectivity index (χ1n) is 9.04. The Balaban J connectivity index is 1.42. The zero-order valence-electron chi connectivity index (χ0n) is 15.5. The first-order valence-corrected chi connectivity index (χ1v) is 9.92. The van der Waals surface area contributed by atoms with Crippen LogP contribution in [0.5, 0.6) is 0 Å². The molecule has 4 heterocycles. The molecule has 5 aromatic rings. The van der Waals surface area contributed by atoms with Crippen molar-refractivity contribution in [3.8, 4) is 16.4 Å². The summed E-state index contributed by atoms with van der Waals surface area (Å²) in [4.78, 5) is 22.2. The van der Waals surface area contributed by atoms with Crippen LogP contribution in [0.4, 0.5) is 4.39 Å². The average Bonchev–Trinajstić information content (AvgIpc) is 3.51. The number of aromatic nitrogens is 5. The number of imidazole rings is 1. The van der Waals surface area contributed by atoms with Crippen molar-refractivity contribution in [1.29, 1.82) is 0 Å². The lowest BCUT2D eigenvalue weighted by Crippen LogP contribution is -2.08. The molecule has 0 fully saturated rings. The van der Waals surface area contributed by atoms with Crippen molar-refractivity contribution in [3.05, 3.63) is 89.7 Å². The van der Waals surface area contributed by atoms with Gasteiger partial charge in [-0.25, -0.2) is 18.9 Å². The van der Waals surface area contributed by atoms with Gasteiger partial charge in [-0.05, 0) is 47.8 Å². The molecule has 0 radical (unpaired) electrons. The lowest BCUT2D eigenvalue weighted by atomic mass is 10.3. The molecule has 0 aliphatic heterocycles. The van der Waals surface area contributed by atoms with Crippen molar-refractivity contribution in [1.82, 2.24) is 24.1 Å². The number of hydrogen-bond acceptors (Lipinski definition) is 6. The summed E-state index contributed by atoms with van der Waals surface area (Å²) < 4.78 is 22.1. The second kappa shape index (κ2) is 7.53. The number of halogens is 1. The van der Waals surface area contributed by atoms with Gasteiger partial charge >= 0.3 is 5.97 Å². The highest BCUT2D eigenvalue weighted by atomic mass is 32.1. The molecule has 0 bridgehead atoms. The van der Waals surface area contributed by atoms with Crippen LogP contribution in [0.15, 0.2) is 72.4 Å². The number of carbonyl (C=O) groups is 1. The van der Waals surface area contributed by atoms with E-state index in [1.54, 1.807) is 18.3 Å². The highest BCUT2D eigenvalue weighted by Gasteiger charge is 2.21. The molecular weight excluding hydrogens is 405 g/mol. The van der Waals surface area contributed by atoms with Crippen LogP contribution in [0.2, 0.25) is 0 Å². The quantitative estimate of drug-likeness (QED) is 0.400. The molecule has 0 saturated heterocycles. The largest absolute Gasteiger partial charge is 0.453 e. The Labute approximate surface area is 174 Å². The Morgan fingerprint density at radius 1 is 1.07 bits per heavy atom. The number of benzene rings is 1. The zero-order chi connectivity index (χ0) is 20.5. The first-order chi connectivity index (χ1) is 14.7. The van der Waals surface area contributed by atoms with E-state index in [1.165, 1.54) is 28.2 Å². The van der Waals surface area contributed by atoms with Crippen molar-refractivity contribution in [2.75, 3.05) is 0 Å². The number of rotatable bonds is 5. The number of fused-ring (bicyclic) bond motifs is 1. The van der Waals surface area contributed by atoms with Crippen molar-refractivity contribution in [2.45, 2.75) is 6.61 Å². The Hall–Kier alpha value is -3.85. The predicted octanol–water partition coefficient (Wildman–Crippen LogP) is 4.14. The number of pyridine rings is 1. The number of carbonyl (C=O) groups excluding carboxylic acids is 1.